The lowest BCUT2D eigenvalue weighted by atomic mass is 10.2. The molecule has 0 saturated heterocycles. The molecule has 2 unspecified atom stereocenters. The smallest absolute Gasteiger partial charge is 0.236 e. The zero-order valence-electron chi connectivity index (χ0n) is 13.5. The zero-order chi connectivity index (χ0) is 16.2. The third kappa shape index (κ3) is 3.92. The summed E-state index contributed by atoms with van der Waals surface area (Å²) in [4.78, 5) is 12.4. The van der Waals surface area contributed by atoms with Crippen molar-refractivity contribution >= 4 is 22.8 Å². The fourth-order valence-corrected chi connectivity index (χ4v) is 3.03. The monoisotopic (exact) mass is 331 g/mol. The first-order valence-electron chi connectivity index (χ1n) is 7.70. The van der Waals surface area contributed by atoms with Crippen LogP contribution in [-0.4, -0.2) is 33.2 Å². The molecule has 7 heteroatoms. The van der Waals surface area contributed by atoms with E-state index in [0.717, 1.165) is 29.1 Å². The quantitative estimate of drug-likeness (QED) is 0.692. The van der Waals surface area contributed by atoms with E-state index in [-0.39, 0.29) is 5.25 Å². The summed E-state index contributed by atoms with van der Waals surface area (Å²) in [5, 5.41) is 7.43. The summed E-state index contributed by atoms with van der Waals surface area (Å²) in [6.45, 7) is 4.22. The fourth-order valence-electron chi connectivity index (χ4n) is 2.25. The van der Waals surface area contributed by atoms with Gasteiger partial charge in [0.2, 0.25) is 5.89 Å². The van der Waals surface area contributed by atoms with Crippen LogP contribution in [0.4, 0.5) is 0 Å². The molecule has 0 amide bonds. The Labute approximate surface area is 139 Å². The first kappa shape index (κ1) is 16.0. The largest absolute Gasteiger partial charge is 0.341 e. The Morgan fingerprint density at radius 2 is 2.09 bits per heavy atom. The third-order valence-electron chi connectivity index (χ3n) is 3.74. The maximum Gasteiger partial charge on any atom is 0.236 e. The van der Waals surface area contributed by atoms with Gasteiger partial charge in [-0.2, -0.15) is 4.98 Å². The minimum absolute atomic E-state index is 0.231. The Bertz CT molecular complexity index is 736. The molecule has 2 aromatic heterocycles. The fraction of sp³-hybridized carbons (Fsp3) is 0.438. The lowest BCUT2D eigenvalue weighted by molar-refractivity contribution is 0.382. The Kier molecular flexibility index (Phi) is 4.97. The van der Waals surface area contributed by atoms with Crippen molar-refractivity contribution in [2.45, 2.75) is 37.3 Å². The summed E-state index contributed by atoms with van der Waals surface area (Å²) in [7, 11) is 1.93. The molecule has 2 atom stereocenters. The van der Waals surface area contributed by atoms with E-state index >= 15 is 0 Å². The molecule has 0 aliphatic carbocycles. The Balaban J connectivity index is 1.59. The first-order valence-corrected chi connectivity index (χ1v) is 8.75. The minimum Gasteiger partial charge on any atom is -0.341 e. The highest BCUT2D eigenvalue weighted by Crippen LogP contribution is 2.30. The van der Waals surface area contributed by atoms with Crippen LogP contribution in [0.1, 0.15) is 36.6 Å². The van der Waals surface area contributed by atoms with E-state index in [1.165, 1.54) is 0 Å². The van der Waals surface area contributed by atoms with Crippen molar-refractivity contribution in [1.29, 1.82) is 0 Å². The van der Waals surface area contributed by atoms with Gasteiger partial charge in [0.05, 0.1) is 22.0 Å². The number of rotatable bonds is 7. The second-order valence-corrected chi connectivity index (χ2v) is 6.92. The summed E-state index contributed by atoms with van der Waals surface area (Å²) in [5.41, 5.74) is 2.06. The van der Waals surface area contributed by atoms with Gasteiger partial charge in [0.25, 0.3) is 0 Å². The van der Waals surface area contributed by atoms with Crippen LogP contribution in [-0.2, 0) is 12.2 Å². The molecule has 0 aliphatic heterocycles. The standard InChI is InChI=1S/C16H21N5OS/c1-10(17-3)8-14-20-15(22-21-14)9-23-11(2)16-18-12-6-4-5-7-13(12)19-16/h4-7,10-11,17H,8-9H2,1-3H3,(H,18,19). The highest BCUT2D eigenvalue weighted by Gasteiger charge is 2.14. The number of benzene rings is 1. The number of hydrogen-bond acceptors (Lipinski definition) is 6. The molecule has 23 heavy (non-hydrogen) atoms. The Morgan fingerprint density at radius 1 is 1.26 bits per heavy atom. The van der Waals surface area contributed by atoms with E-state index in [1.54, 1.807) is 11.8 Å². The molecule has 2 heterocycles. The van der Waals surface area contributed by atoms with E-state index < -0.39 is 0 Å². The number of H-pyrrole nitrogens is 1. The SMILES string of the molecule is CNC(C)Cc1noc(CSC(C)c2nc3ccccc3[nH]2)n1. The number of likely N-dealkylation sites (N-methyl/N-ethyl adjacent to an activating group) is 1. The van der Waals surface area contributed by atoms with Crippen LogP contribution in [0.15, 0.2) is 28.8 Å². The summed E-state index contributed by atoms with van der Waals surface area (Å²) in [6, 6.07) is 8.39. The number of nitrogens with one attached hydrogen (secondary N) is 2. The van der Waals surface area contributed by atoms with Crippen molar-refractivity contribution in [2.75, 3.05) is 7.05 Å². The summed E-state index contributed by atoms with van der Waals surface area (Å²) in [5.74, 6) is 3.06. The first-order chi connectivity index (χ1) is 11.2. The average Bonchev–Trinajstić information content (AvgIpc) is 3.18. The molecule has 3 rings (SSSR count). The third-order valence-corrected chi connectivity index (χ3v) is 4.88. The van der Waals surface area contributed by atoms with Crippen LogP contribution in [0.5, 0.6) is 0 Å². The number of thioether (sulfide) groups is 1. The van der Waals surface area contributed by atoms with Crippen molar-refractivity contribution in [3.05, 3.63) is 41.8 Å². The molecule has 6 nitrogen and oxygen atoms in total. The van der Waals surface area contributed by atoms with Gasteiger partial charge in [-0.25, -0.2) is 4.98 Å². The molecule has 2 N–H and O–H groups in total. The summed E-state index contributed by atoms with van der Waals surface area (Å²) < 4.78 is 5.31. The topological polar surface area (TPSA) is 79.6 Å². The van der Waals surface area contributed by atoms with E-state index in [4.69, 9.17) is 4.52 Å². The molecular formula is C16H21N5OS. The van der Waals surface area contributed by atoms with Gasteiger partial charge in [-0.05, 0) is 33.0 Å². The normalized spacial score (nSPS) is 14.2. The molecule has 0 bridgehead atoms. The number of fused-ring (bicyclic) bond motifs is 1. The van der Waals surface area contributed by atoms with Crippen LogP contribution in [0.3, 0.4) is 0 Å². The number of aromatic nitrogens is 4. The van der Waals surface area contributed by atoms with Crippen LogP contribution in [0.25, 0.3) is 11.0 Å². The van der Waals surface area contributed by atoms with Gasteiger partial charge in [0.15, 0.2) is 5.82 Å². The van der Waals surface area contributed by atoms with Crippen molar-refractivity contribution < 1.29 is 4.52 Å². The van der Waals surface area contributed by atoms with Crippen molar-refractivity contribution in [3.8, 4) is 0 Å². The van der Waals surface area contributed by atoms with Gasteiger partial charge in [0.1, 0.15) is 5.82 Å². The Morgan fingerprint density at radius 3 is 2.87 bits per heavy atom. The van der Waals surface area contributed by atoms with Crippen molar-refractivity contribution in [1.82, 2.24) is 25.4 Å². The average molecular weight is 331 g/mol. The molecule has 0 radical (unpaired) electrons. The van der Waals surface area contributed by atoms with Crippen molar-refractivity contribution in [2.24, 2.45) is 0 Å². The second kappa shape index (κ2) is 7.14. The zero-order valence-corrected chi connectivity index (χ0v) is 14.4. The van der Waals surface area contributed by atoms with Crippen molar-refractivity contribution in [3.63, 3.8) is 0 Å². The van der Waals surface area contributed by atoms with E-state index in [1.807, 2.05) is 31.3 Å². The number of para-hydroxylation sites is 2. The number of aromatic amines is 1. The van der Waals surface area contributed by atoms with Gasteiger partial charge in [-0.15, -0.1) is 11.8 Å². The number of imidazole rings is 1. The molecule has 1 aromatic carbocycles. The lowest BCUT2D eigenvalue weighted by Crippen LogP contribution is -2.24. The summed E-state index contributed by atoms with van der Waals surface area (Å²) >= 11 is 1.73. The second-order valence-electron chi connectivity index (χ2n) is 5.59. The molecule has 0 aliphatic rings. The number of nitrogens with zero attached hydrogens (tertiary/aromatic N) is 3. The number of hydrogen-bond donors (Lipinski definition) is 2. The van der Waals surface area contributed by atoms with Crippen LogP contribution in [0, 0.1) is 0 Å². The summed E-state index contributed by atoms with van der Waals surface area (Å²) in [6.07, 6.45) is 0.768. The molecule has 0 saturated carbocycles. The molecule has 3 aromatic rings. The van der Waals surface area contributed by atoms with Gasteiger partial charge in [0, 0.05) is 12.5 Å². The van der Waals surface area contributed by atoms with Crippen LogP contribution in [0.2, 0.25) is 0 Å². The van der Waals surface area contributed by atoms with Gasteiger partial charge in [-0.1, -0.05) is 17.3 Å². The maximum absolute atomic E-state index is 5.31. The molecular weight excluding hydrogens is 310 g/mol. The molecule has 122 valence electrons. The highest BCUT2D eigenvalue weighted by atomic mass is 32.2. The molecule has 0 spiro atoms. The van der Waals surface area contributed by atoms with E-state index in [9.17, 15) is 0 Å². The lowest BCUT2D eigenvalue weighted by Gasteiger charge is -2.06. The highest BCUT2D eigenvalue weighted by molar-refractivity contribution is 7.98. The predicted molar refractivity (Wildman–Crippen MR) is 92.3 cm³/mol. The van der Waals surface area contributed by atoms with Gasteiger partial charge >= 0.3 is 0 Å². The van der Waals surface area contributed by atoms with Gasteiger partial charge in [-0.3, -0.25) is 0 Å². The van der Waals surface area contributed by atoms with E-state index in [2.05, 4.69) is 39.3 Å². The van der Waals surface area contributed by atoms with Crippen LogP contribution < -0.4 is 5.32 Å². The van der Waals surface area contributed by atoms with E-state index in [0.29, 0.717) is 17.7 Å². The minimum atomic E-state index is 0.231. The van der Waals surface area contributed by atoms with Gasteiger partial charge < -0.3 is 14.8 Å². The van der Waals surface area contributed by atoms with Crippen LogP contribution >= 0.6 is 11.8 Å². The Hall–Kier alpha value is -1.86. The molecule has 0 fully saturated rings. The maximum atomic E-state index is 5.31. The predicted octanol–water partition coefficient (Wildman–Crippen LogP) is 3.09.